The summed E-state index contributed by atoms with van der Waals surface area (Å²) in [6.07, 6.45) is 7.11. The van der Waals surface area contributed by atoms with Crippen molar-refractivity contribution in [3.05, 3.63) is 45.9 Å². The van der Waals surface area contributed by atoms with E-state index in [1.54, 1.807) is 30.7 Å². The highest BCUT2D eigenvalue weighted by atomic mass is 32.2. The smallest absolute Gasteiger partial charge is 0.341 e. The van der Waals surface area contributed by atoms with Gasteiger partial charge in [-0.05, 0) is 44.1 Å². The number of nitrogens with zero attached hydrogens (tertiary/aromatic N) is 2. The summed E-state index contributed by atoms with van der Waals surface area (Å²) < 4.78 is 6.95. The fourth-order valence-corrected chi connectivity index (χ4v) is 3.73. The minimum atomic E-state index is -0.457. The van der Waals surface area contributed by atoms with Crippen molar-refractivity contribution in [2.75, 3.05) is 6.26 Å². The highest BCUT2D eigenvalue weighted by Gasteiger charge is 2.26. The molecule has 0 aliphatic heterocycles. The molecule has 3 rings (SSSR count). The van der Waals surface area contributed by atoms with Gasteiger partial charge in [-0.3, -0.25) is 9.20 Å². The summed E-state index contributed by atoms with van der Waals surface area (Å²) in [5, 5.41) is 9.35. The van der Waals surface area contributed by atoms with Gasteiger partial charge in [0, 0.05) is 11.1 Å². The number of ether oxygens (including phenoxy) is 1. The van der Waals surface area contributed by atoms with E-state index in [-0.39, 0.29) is 11.7 Å². The maximum Gasteiger partial charge on any atom is 0.341 e. The van der Waals surface area contributed by atoms with E-state index in [4.69, 9.17) is 4.74 Å². The number of nitriles is 1. The van der Waals surface area contributed by atoms with Gasteiger partial charge in [0.05, 0.1) is 11.1 Å². The van der Waals surface area contributed by atoms with Gasteiger partial charge in [0.1, 0.15) is 17.7 Å². The Bertz CT molecular complexity index is 860. The summed E-state index contributed by atoms with van der Waals surface area (Å²) in [6.45, 7) is 0. The third kappa shape index (κ3) is 2.73. The molecule has 0 spiro atoms. The molecule has 0 bridgehead atoms. The second kappa shape index (κ2) is 6.47. The van der Waals surface area contributed by atoms with E-state index in [2.05, 4.69) is 0 Å². The average molecular weight is 328 g/mol. The van der Waals surface area contributed by atoms with Crippen LogP contribution in [0.15, 0.2) is 34.1 Å². The van der Waals surface area contributed by atoms with Crippen LogP contribution in [0.3, 0.4) is 0 Å². The normalized spacial score (nSPS) is 14.8. The van der Waals surface area contributed by atoms with Crippen molar-refractivity contribution in [3.63, 3.8) is 0 Å². The largest absolute Gasteiger partial charge is 0.459 e. The predicted octanol–water partition coefficient (Wildman–Crippen LogP) is 2.99. The number of esters is 1. The van der Waals surface area contributed by atoms with Gasteiger partial charge in [-0.1, -0.05) is 6.07 Å². The van der Waals surface area contributed by atoms with Gasteiger partial charge in [0.25, 0.3) is 5.56 Å². The average Bonchev–Trinajstić information content (AvgIpc) is 3.07. The Balaban J connectivity index is 2.21. The summed E-state index contributed by atoms with van der Waals surface area (Å²) in [5.41, 5.74) is 0.356. The van der Waals surface area contributed by atoms with Crippen LogP contribution in [-0.4, -0.2) is 22.7 Å². The number of hydrogen-bond acceptors (Lipinski definition) is 5. The second-order valence-electron chi connectivity index (χ2n) is 5.47. The van der Waals surface area contributed by atoms with Crippen molar-refractivity contribution in [3.8, 4) is 6.07 Å². The molecular weight excluding hydrogens is 312 g/mol. The summed E-state index contributed by atoms with van der Waals surface area (Å²) in [7, 11) is 0. The monoisotopic (exact) mass is 328 g/mol. The van der Waals surface area contributed by atoms with E-state index < -0.39 is 11.5 Å². The molecule has 23 heavy (non-hydrogen) atoms. The van der Waals surface area contributed by atoms with Gasteiger partial charge in [-0.15, -0.1) is 11.8 Å². The van der Waals surface area contributed by atoms with Crippen molar-refractivity contribution < 1.29 is 9.53 Å². The van der Waals surface area contributed by atoms with Gasteiger partial charge in [-0.25, -0.2) is 4.79 Å². The zero-order chi connectivity index (χ0) is 16.4. The van der Waals surface area contributed by atoms with Crippen LogP contribution in [0.2, 0.25) is 0 Å². The SMILES string of the molecule is CSc1c(C#N)c(=O)n2ccccc2c1C(=O)OC1CCCC1. The minimum Gasteiger partial charge on any atom is -0.459 e. The first kappa shape index (κ1) is 15.6. The van der Waals surface area contributed by atoms with Gasteiger partial charge < -0.3 is 4.74 Å². The quantitative estimate of drug-likeness (QED) is 0.640. The van der Waals surface area contributed by atoms with E-state index in [0.29, 0.717) is 16.0 Å². The number of thioether (sulfide) groups is 1. The number of hydrogen-bond donors (Lipinski definition) is 0. The van der Waals surface area contributed by atoms with Crippen LogP contribution in [0, 0.1) is 11.3 Å². The van der Waals surface area contributed by atoms with Crippen molar-refractivity contribution in [1.29, 1.82) is 5.26 Å². The fourth-order valence-electron chi connectivity index (χ4n) is 3.00. The summed E-state index contributed by atoms with van der Waals surface area (Å²) in [4.78, 5) is 25.5. The summed E-state index contributed by atoms with van der Waals surface area (Å²) in [5.74, 6) is -0.457. The zero-order valence-electron chi connectivity index (χ0n) is 12.7. The zero-order valence-corrected chi connectivity index (χ0v) is 13.6. The van der Waals surface area contributed by atoms with E-state index in [1.165, 1.54) is 16.2 Å². The number of carbonyl (C=O) groups excluding carboxylic acids is 1. The molecule has 0 atom stereocenters. The van der Waals surface area contributed by atoms with E-state index >= 15 is 0 Å². The van der Waals surface area contributed by atoms with Crippen LogP contribution in [0.1, 0.15) is 41.6 Å². The maximum atomic E-state index is 12.7. The Morgan fingerprint density at radius 2 is 2.13 bits per heavy atom. The number of fused-ring (bicyclic) bond motifs is 1. The van der Waals surface area contributed by atoms with Crippen LogP contribution in [0.4, 0.5) is 0 Å². The second-order valence-corrected chi connectivity index (χ2v) is 6.28. The standard InChI is InChI=1S/C17H16N2O3S/c1-23-15-12(10-18)16(20)19-9-5-4-8-13(19)14(15)17(21)22-11-6-2-3-7-11/h4-5,8-9,11H,2-3,6-7H2,1H3. The van der Waals surface area contributed by atoms with Crippen LogP contribution >= 0.6 is 11.8 Å². The molecule has 0 amide bonds. The molecule has 2 aromatic heterocycles. The number of aromatic nitrogens is 1. The van der Waals surface area contributed by atoms with Crippen molar-refractivity contribution in [2.45, 2.75) is 36.7 Å². The highest BCUT2D eigenvalue weighted by Crippen LogP contribution is 2.29. The topological polar surface area (TPSA) is 71.6 Å². The van der Waals surface area contributed by atoms with E-state index in [1.807, 2.05) is 6.07 Å². The molecular formula is C17H16N2O3S. The lowest BCUT2D eigenvalue weighted by atomic mass is 10.1. The fraction of sp³-hybridized carbons (Fsp3) is 0.353. The lowest BCUT2D eigenvalue weighted by Crippen LogP contribution is -2.23. The molecule has 0 aromatic carbocycles. The molecule has 6 heteroatoms. The maximum absolute atomic E-state index is 12.7. The molecule has 0 radical (unpaired) electrons. The minimum absolute atomic E-state index is 0.0143. The van der Waals surface area contributed by atoms with Crippen LogP contribution in [0.5, 0.6) is 0 Å². The Kier molecular flexibility index (Phi) is 4.39. The van der Waals surface area contributed by atoms with Gasteiger partial charge in [0.15, 0.2) is 0 Å². The molecule has 1 fully saturated rings. The lowest BCUT2D eigenvalue weighted by molar-refractivity contribution is 0.0315. The molecule has 0 N–H and O–H groups in total. The molecule has 118 valence electrons. The molecule has 0 saturated heterocycles. The molecule has 2 aromatic rings. The molecule has 5 nitrogen and oxygen atoms in total. The highest BCUT2D eigenvalue weighted by molar-refractivity contribution is 7.98. The molecule has 2 heterocycles. The predicted molar refractivity (Wildman–Crippen MR) is 87.8 cm³/mol. The first-order chi connectivity index (χ1) is 11.2. The Morgan fingerprint density at radius 3 is 2.78 bits per heavy atom. The van der Waals surface area contributed by atoms with Crippen molar-refractivity contribution >= 4 is 23.2 Å². The van der Waals surface area contributed by atoms with Gasteiger partial charge in [-0.2, -0.15) is 5.26 Å². The lowest BCUT2D eigenvalue weighted by Gasteiger charge is -2.16. The number of carbonyl (C=O) groups is 1. The van der Waals surface area contributed by atoms with Crippen LogP contribution in [0.25, 0.3) is 5.52 Å². The van der Waals surface area contributed by atoms with Crippen LogP contribution in [-0.2, 0) is 4.74 Å². The van der Waals surface area contributed by atoms with Gasteiger partial charge in [0.2, 0.25) is 0 Å². The van der Waals surface area contributed by atoms with Crippen LogP contribution < -0.4 is 5.56 Å². The summed E-state index contributed by atoms with van der Waals surface area (Å²) in [6, 6.07) is 7.09. The molecule has 1 saturated carbocycles. The Labute approximate surface area is 137 Å². The van der Waals surface area contributed by atoms with E-state index in [9.17, 15) is 14.9 Å². The number of pyridine rings is 2. The molecule has 0 unspecified atom stereocenters. The molecule has 1 aliphatic rings. The van der Waals surface area contributed by atoms with Crippen molar-refractivity contribution in [2.24, 2.45) is 0 Å². The first-order valence-electron chi connectivity index (χ1n) is 7.49. The first-order valence-corrected chi connectivity index (χ1v) is 8.72. The number of rotatable bonds is 3. The van der Waals surface area contributed by atoms with Crippen molar-refractivity contribution in [1.82, 2.24) is 4.40 Å². The summed E-state index contributed by atoms with van der Waals surface area (Å²) >= 11 is 1.23. The third-order valence-corrected chi connectivity index (χ3v) is 4.92. The molecule has 1 aliphatic carbocycles. The van der Waals surface area contributed by atoms with E-state index in [0.717, 1.165) is 25.7 Å². The Morgan fingerprint density at radius 1 is 1.39 bits per heavy atom. The Hall–Kier alpha value is -2.26. The van der Waals surface area contributed by atoms with Gasteiger partial charge >= 0.3 is 5.97 Å². The third-order valence-electron chi connectivity index (χ3n) is 4.10.